The van der Waals surface area contributed by atoms with Gasteiger partial charge in [-0.1, -0.05) is 12.1 Å². The Hall–Kier alpha value is -1.17. The number of rotatable bonds is 10. The first kappa shape index (κ1) is 16.9. The number of nitrogens with one attached hydrogen (secondary N) is 1. The van der Waals surface area contributed by atoms with Gasteiger partial charge >= 0.3 is 0 Å². The van der Waals surface area contributed by atoms with Crippen molar-refractivity contribution in [1.82, 2.24) is 5.32 Å². The Bertz CT molecular complexity index is 374. The molecule has 1 aromatic rings. The van der Waals surface area contributed by atoms with Crippen LogP contribution in [0.2, 0.25) is 0 Å². The average Bonchev–Trinajstić information content (AvgIpc) is 2.41. The van der Waals surface area contributed by atoms with E-state index in [2.05, 4.69) is 5.32 Å². The number of hydrogen-bond acceptors (Lipinski definition) is 4. The van der Waals surface area contributed by atoms with Crippen LogP contribution in [0, 0.1) is 5.82 Å². The Balaban J connectivity index is 2.06. The highest BCUT2D eigenvalue weighted by molar-refractivity contribution is 5.23. The molecule has 5 heteroatoms. The van der Waals surface area contributed by atoms with E-state index in [0.29, 0.717) is 13.2 Å². The Morgan fingerprint density at radius 2 is 2.05 bits per heavy atom. The maximum Gasteiger partial charge on any atom is 0.165 e. The van der Waals surface area contributed by atoms with E-state index < -0.39 is 11.9 Å². The monoisotopic (exact) mass is 285 g/mol. The van der Waals surface area contributed by atoms with Gasteiger partial charge in [0.05, 0.1) is 6.10 Å². The topological polar surface area (TPSA) is 50.7 Å². The number of para-hydroxylation sites is 1. The third-order valence-corrected chi connectivity index (χ3v) is 2.60. The fraction of sp³-hybridized carbons (Fsp3) is 0.600. The quantitative estimate of drug-likeness (QED) is 0.645. The summed E-state index contributed by atoms with van der Waals surface area (Å²) in [7, 11) is 0. The molecule has 0 spiro atoms. The van der Waals surface area contributed by atoms with Gasteiger partial charge in [-0.05, 0) is 38.9 Å². The van der Waals surface area contributed by atoms with Crippen LogP contribution in [0.4, 0.5) is 4.39 Å². The van der Waals surface area contributed by atoms with Crippen LogP contribution < -0.4 is 10.1 Å². The smallest absolute Gasteiger partial charge is 0.165 e. The zero-order chi connectivity index (χ0) is 14.8. The molecule has 0 fully saturated rings. The van der Waals surface area contributed by atoms with Crippen LogP contribution >= 0.6 is 0 Å². The van der Waals surface area contributed by atoms with Crippen molar-refractivity contribution >= 4 is 0 Å². The molecule has 0 aliphatic rings. The van der Waals surface area contributed by atoms with E-state index >= 15 is 0 Å². The highest BCUT2D eigenvalue weighted by atomic mass is 19.1. The molecule has 0 aliphatic carbocycles. The van der Waals surface area contributed by atoms with Gasteiger partial charge in [0, 0.05) is 13.2 Å². The predicted octanol–water partition coefficient (Wildman–Crippen LogP) is 1.97. The van der Waals surface area contributed by atoms with Crippen molar-refractivity contribution in [3.63, 3.8) is 0 Å². The first-order valence-electron chi connectivity index (χ1n) is 6.97. The predicted molar refractivity (Wildman–Crippen MR) is 76.5 cm³/mol. The molecule has 2 N–H and O–H groups in total. The van der Waals surface area contributed by atoms with Crippen LogP contribution in [-0.2, 0) is 4.74 Å². The van der Waals surface area contributed by atoms with Crippen molar-refractivity contribution in [2.45, 2.75) is 32.5 Å². The first-order chi connectivity index (χ1) is 9.59. The standard InChI is InChI=1S/C15H24FNO3/c1-12(2)19-9-5-8-17-10-13(18)11-20-15-7-4-3-6-14(15)16/h3-4,6-7,12-13,17-18H,5,8-11H2,1-2H3/t13-/m1/s1. The fourth-order valence-electron chi connectivity index (χ4n) is 1.59. The van der Waals surface area contributed by atoms with Crippen molar-refractivity contribution < 1.29 is 19.0 Å². The molecule has 0 radical (unpaired) electrons. The summed E-state index contributed by atoms with van der Waals surface area (Å²) >= 11 is 0. The fourth-order valence-corrected chi connectivity index (χ4v) is 1.59. The molecule has 0 saturated carbocycles. The summed E-state index contributed by atoms with van der Waals surface area (Å²) in [6, 6.07) is 6.16. The van der Waals surface area contributed by atoms with Gasteiger partial charge in [0.1, 0.15) is 12.7 Å². The summed E-state index contributed by atoms with van der Waals surface area (Å²) in [5.41, 5.74) is 0. The second-order valence-electron chi connectivity index (χ2n) is 4.87. The highest BCUT2D eigenvalue weighted by Crippen LogP contribution is 2.15. The summed E-state index contributed by atoms with van der Waals surface area (Å²) in [4.78, 5) is 0. The zero-order valence-corrected chi connectivity index (χ0v) is 12.1. The van der Waals surface area contributed by atoms with Crippen LogP contribution in [0.3, 0.4) is 0 Å². The van der Waals surface area contributed by atoms with E-state index in [0.717, 1.165) is 13.0 Å². The van der Waals surface area contributed by atoms with Crippen molar-refractivity contribution in [3.05, 3.63) is 30.1 Å². The van der Waals surface area contributed by atoms with Crippen LogP contribution in [0.25, 0.3) is 0 Å². The summed E-state index contributed by atoms with van der Waals surface area (Å²) < 4.78 is 23.9. The molecule has 1 rings (SSSR count). The number of benzene rings is 1. The molecule has 114 valence electrons. The van der Waals surface area contributed by atoms with Gasteiger partial charge in [0.15, 0.2) is 11.6 Å². The van der Waals surface area contributed by atoms with Crippen LogP contribution in [-0.4, -0.2) is 43.6 Å². The van der Waals surface area contributed by atoms with Gasteiger partial charge in [-0.2, -0.15) is 0 Å². The molecule has 0 aliphatic heterocycles. The molecular formula is C15H24FNO3. The van der Waals surface area contributed by atoms with E-state index in [1.807, 2.05) is 13.8 Å². The minimum atomic E-state index is -0.666. The number of halogens is 1. The molecule has 0 aromatic heterocycles. The Kier molecular flexibility index (Phi) is 8.18. The van der Waals surface area contributed by atoms with Gasteiger partial charge < -0.3 is 19.9 Å². The Morgan fingerprint density at radius 1 is 1.30 bits per heavy atom. The normalized spacial score (nSPS) is 12.7. The van der Waals surface area contributed by atoms with E-state index in [-0.39, 0.29) is 18.5 Å². The maximum absolute atomic E-state index is 13.3. The van der Waals surface area contributed by atoms with Crippen molar-refractivity contribution in [3.8, 4) is 5.75 Å². The molecule has 0 unspecified atom stereocenters. The molecule has 0 bridgehead atoms. The lowest BCUT2D eigenvalue weighted by Gasteiger charge is -2.14. The second-order valence-corrected chi connectivity index (χ2v) is 4.87. The average molecular weight is 285 g/mol. The third-order valence-electron chi connectivity index (χ3n) is 2.60. The number of aliphatic hydroxyl groups excluding tert-OH is 1. The van der Waals surface area contributed by atoms with Gasteiger partial charge in [-0.25, -0.2) is 4.39 Å². The molecule has 1 aromatic carbocycles. The minimum absolute atomic E-state index is 0.0659. The van der Waals surface area contributed by atoms with Gasteiger partial charge in [-0.15, -0.1) is 0 Å². The summed E-state index contributed by atoms with van der Waals surface area (Å²) in [5, 5.41) is 12.8. The Morgan fingerprint density at radius 3 is 2.75 bits per heavy atom. The molecule has 20 heavy (non-hydrogen) atoms. The number of hydrogen-bond donors (Lipinski definition) is 2. The molecule has 4 nitrogen and oxygen atoms in total. The van der Waals surface area contributed by atoms with Gasteiger partial charge in [0.2, 0.25) is 0 Å². The third kappa shape index (κ3) is 7.43. The SMILES string of the molecule is CC(C)OCCCNC[C@@H](O)COc1ccccc1F. The van der Waals surface area contributed by atoms with Crippen LogP contribution in [0.5, 0.6) is 5.75 Å². The molecule has 0 heterocycles. The van der Waals surface area contributed by atoms with Crippen molar-refractivity contribution in [1.29, 1.82) is 0 Å². The van der Waals surface area contributed by atoms with Crippen molar-refractivity contribution in [2.75, 3.05) is 26.3 Å². The lowest BCUT2D eigenvalue weighted by atomic mass is 10.3. The number of aliphatic hydroxyl groups is 1. The summed E-state index contributed by atoms with van der Waals surface area (Å²) in [5.74, 6) is -0.254. The van der Waals surface area contributed by atoms with Gasteiger partial charge in [-0.3, -0.25) is 0 Å². The van der Waals surface area contributed by atoms with Crippen LogP contribution in [0.15, 0.2) is 24.3 Å². The van der Waals surface area contributed by atoms with E-state index in [9.17, 15) is 9.50 Å². The summed E-state index contributed by atoms with van der Waals surface area (Å²) in [6.07, 6.45) is 0.467. The molecular weight excluding hydrogens is 261 g/mol. The van der Waals surface area contributed by atoms with Gasteiger partial charge in [0.25, 0.3) is 0 Å². The van der Waals surface area contributed by atoms with E-state index in [1.165, 1.54) is 6.07 Å². The van der Waals surface area contributed by atoms with E-state index in [4.69, 9.17) is 9.47 Å². The number of ether oxygens (including phenoxy) is 2. The molecule has 0 saturated heterocycles. The van der Waals surface area contributed by atoms with Crippen LogP contribution in [0.1, 0.15) is 20.3 Å². The minimum Gasteiger partial charge on any atom is -0.488 e. The van der Waals surface area contributed by atoms with Crippen molar-refractivity contribution in [2.24, 2.45) is 0 Å². The lowest BCUT2D eigenvalue weighted by molar-refractivity contribution is 0.0747. The maximum atomic E-state index is 13.3. The molecule has 1 atom stereocenters. The second kappa shape index (κ2) is 9.69. The summed E-state index contributed by atoms with van der Waals surface area (Å²) in [6.45, 7) is 5.94. The molecule has 0 amide bonds. The largest absolute Gasteiger partial charge is 0.488 e. The lowest BCUT2D eigenvalue weighted by Crippen LogP contribution is -2.32. The Labute approximate surface area is 119 Å². The first-order valence-corrected chi connectivity index (χ1v) is 6.97. The highest BCUT2D eigenvalue weighted by Gasteiger charge is 2.07. The van der Waals surface area contributed by atoms with E-state index in [1.54, 1.807) is 18.2 Å². The zero-order valence-electron chi connectivity index (χ0n) is 12.1.